The van der Waals surface area contributed by atoms with Gasteiger partial charge in [-0.2, -0.15) is 5.10 Å². The number of aromatic nitrogens is 2. The van der Waals surface area contributed by atoms with Gasteiger partial charge < -0.3 is 10.8 Å². The lowest BCUT2D eigenvalue weighted by molar-refractivity contribution is 0.475. The molecular weight excluding hydrogens is 246 g/mol. The predicted octanol–water partition coefficient (Wildman–Crippen LogP) is 1.92. The number of nitrogens with two attached hydrogens (primary N) is 1. The van der Waals surface area contributed by atoms with Crippen molar-refractivity contribution >= 4 is 21.6 Å². The zero-order chi connectivity index (χ0) is 10.1. The first-order chi connectivity index (χ1) is 6.68. The number of hydrogen-bond donors (Lipinski definition) is 2. The van der Waals surface area contributed by atoms with Gasteiger partial charge in [0.05, 0.1) is 17.6 Å². The molecule has 0 bridgehead atoms. The molecule has 0 spiro atoms. The van der Waals surface area contributed by atoms with Crippen LogP contribution >= 0.6 is 15.9 Å². The molecule has 2 aromatic rings. The van der Waals surface area contributed by atoms with E-state index >= 15 is 0 Å². The zero-order valence-electron chi connectivity index (χ0n) is 7.18. The van der Waals surface area contributed by atoms with Crippen LogP contribution < -0.4 is 5.73 Å². The summed E-state index contributed by atoms with van der Waals surface area (Å²) in [7, 11) is 0. The summed E-state index contributed by atoms with van der Waals surface area (Å²) in [5.41, 5.74) is 7.05. The lowest BCUT2D eigenvalue weighted by Gasteiger charge is -2.02. The van der Waals surface area contributed by atoms with Crippen molar-refractivity contribution in [3.63, 3.8) is 0 Å². The van der Waals surface area contributed by atoms with Crippen LogP contribution in [0, 0.1) is 0 Å². The van der Waals surface area contributed by atoms with E-state index in [9.17, 15) is 0 Å². The lowest BCUT2D eigenvalue weighted by Crippen LogP contribution is -1.96. The van der Waals surface area contributed by atoms with Crippen LogP contribution in [0.4, 0.5) is 5.69 Å². The highest BCUT2D eigenvalue weighted by molar-refractivity contribution is 9.10. The van der Waals surface area contributed by atoms with Crippen molar-refractivity contribution in [1.82, 2.24) is 9.78 Å². The maximum Gasteiger partial charge on any atom is 0.132 e. The van der Waals surface area contributed by atoms with E-state index in [0.29, 0.717) is 10.3 Å². The van der Waals surface area contributed by atoms with Crippen LogP contribution in [0.25, 0.3) is 5.69 Å². The topological polar surface area (TPSA) is 64.1 Å². The van der Waals surface area contributed by atoms with Crippen molar-refractivity contribution in [2.75, 3.05) is 5.73 Å². The van der Waals surface area contributed by atoms with Gasteiger partial charge in [0.25, 0.3) is 0 Å². The maximum absolute atomic E-state index is 9.11. The van der Waals surface area contributed by atoms with Gasteiger partial charge in [-0.05, 0) is 40.2 Å². The van der Waals surface area contributed by atoms with Gasteiger partial charge in [0, 0.05) is 0 Å². The smallest absolute Gasteiger partial charge is 0.132 e. The molecule has 3 N–H and O–H groups in total. The summed E-state index contributed by atoms with van der Waals surface area (Å²) in [5, 5.41) is 13.2. The van der Waals surface area contributed by atoms with E-state index < -0.39 is 0 Å². The predicted molar refractivity (Wildman–Crippen MR) is 57.3 cm³/mol. The largest absolute Gasteiger partial charge is 0.508 e. The second-order valence-corrected chi connectivity index (χ2v) is 3.57. The Morgan fingerprint density at radius 3 is 2.43 bits per heavy atom. The first-order valence-corrected chi connectivity index (χ1v) is 4.76. The van der Waals surface area contributed by atoms with E-state index in [1.165, 1.54) is 0 Å². The van der Waals surface area contributed by atoms with Crippen molar-refractivity contribution in [1.29, 1.82) is 0 Å². The van der Waals surface area contributed by atoms with E-state index in [-0.39, 0.29) is 5.75 Å². The Hall–Kier alpha value is -1.49. The van der Waals surface area contributed by atoms with Crippen molar-refractivity contribution in [3.8, 4) is 11.4 Å². The monoisotopic (exact) mass is 253 g/mol. The minimum absolute atomic E-state index is 0.227. The molecule has 72 valence electrons. The van der Waals surface area contributed by atoms with Gasteiger partial charge in [-0.3, -0.25) is 0 Å². The minimum Gasteiger partial charge on any atom is -0.508 e. The third kappa shape index (κ3) is 1.46. The minimum atomic E-state index is 0.227. The molecule has 0 aliphatic carbocycles. The molecule has 0 aliphatic heterocycles. The third-order valence-corrected chi connectivity index (χ3v) is 2.62. The maximum atomic E-state index is 9.11. The highest BCUT2D eigenvalue weighted by Crippen LogP contribution is 2.23. The molecule has 14 heavy (non-hydrogen) atoms. The van der Waals surface area contributed by atoms with Gasteiger partial charge in [0.15, 0.2) is 0 Å². The van der Waals surface area contributed by atoms with Crippen molar-refractivity contribution in [2.24, 2.45) is 0 Å². The van der Waals surface area contributed by atoms with E-state index in [1.54, 1.807) is 35.1 Å². The van der Waals surface area contributed by atoms with Gasteiger partial charge in [0.2, 0.25) is 0 Å². The molecule has 0 amide bonds. The zero-order valence-corrected chi connectivity index (χ0v) is 8.77. The fraction of sp³-hybridized carbons (Fsp3) is 0. The number of phenolic OH excluding ortho intramolecular Hbond substituents is 1. The molecule has 0 atom stereocenters. The standard InChI is InChI=1S/C9H8BrN3O/c10-9-8(11)5-12-13(9)6-1-3-7(14)4-2-6/h1-5,14H,11H2. The van der Waals surface area contributed by atoms with Crippen LogP contribution in [-0.4, -0.2) is 14.9 Å². The van der Waals surface area contributed by atoms with Gasteiger partial charge in [-0.25, -0.2) is 4.68 Å². The summed E-state index contributed by atoms with van der Waals surface area (Å²) in [6, 6.07) is 6.71. The van der Waals surface area contributed by atoms with Crippen molar-refractivity contribution in [2.45, 2.75) is 0 Å². The van der Waals surface area contributed by atoms with E-state index in [1.807, 2.05) is 0 Å². The van der Waals surface area contributed by atoms with Gasteiger partial charge >= 0.3 is 0 Å². The molecule has 0 radical (unpaired) electrons. The molecule has 0 fully saturated rings. The van der Waals surface area contributed by atoms with Crippen LogP contribution in [0.5, 0.6) is 5.75 Å². The number of halogens is 1. The average molecular weight is 254 g/mol. The summed E-state index contributed by atoms with van der Waals surface area (Å²) in [6.45, 7) is 0. The Kier molecular flexibility index (Phi) is 2.17. The molecule has 0 aliphatic rings. The van der Waals surface area contributed by atoms with Crippen molar-refractivity contribution in [3.05, 3.63) is 35.1 Å². The van der Waals surface area contributed by atoms with Gasteiger partial charge in [-0.15, -0.1) is 0 Å². The van der Waals surface area contributed by atoms with Gasteiger partial charge in [0.1, 0.15) is 10.4 Å². The highest BCUT2D eigenvalue weighted by Gasteiger charge is 2.05. The number of nitrogens with zero attached hydrogens (tertiary/aromatic N) is 2. The number of rotatable bonds is 1. The molecule has 1 aromatic carbocycles. The Morgan fingerprint density at radius 1 is 1.29 bits per heavy atom. The fourth-order valence-corrected chi connectivity index (χ4v) is 1.52. The SMILES string of the molecule is Nc1cnn(-c2ccc(O)cc2)c1Br. The summed E-state index contributed by atoms with van der Waals surface area (Å²) in [5.74, 6) is 0.227. The van der Waals surface area contributed by atoms with Gasteiger partial charge in [-0.1, -0.05) is 0 Å². The molecule has 5 heteroatoms. The average Bonchev–Trinajstić information content (AvgIpc) is 2.50. The number of benzene rings is 1. The van der Waals surface area contributed by atoms with E-state index in [2.05, 4.69) is 21.0 Å². The number of nitrogen functional groups attached to an aromatic ring is 1. The molecule has 0 unspecified atom stereocenters. The van der Waals surface area contributed by atoms with E-state index in [4.69, 9.17) is 10.8 Å². The van der Waals surface area contributed by atoms with E-state index in [0.717, 1.165) is 5.69 Å². The van der Waals surface area contributed by atoms with Crippen LogP contribution in [0.1, 0.15) is 0 Å². The Balaban J connectivity index is 2.49. The second-order valence-electron chi connectivity index (χ2n) is 2.82. The summed E-state index contributed by atoms with van der Waals surface area (Å²) >= 11 is 3.32. The number of aromatic hydroxyl groups is 1. The first-order valence-electron chi connectivity index (χ1n) is 3.97. The van der Waals surface area contributed by atoms with Crippen molar-refractivity contribution < 1.29 is 5.11 Å². The van der Waals surface area contributed by atoms with Crippen LogP contribution in [-0.2, 0) is 0 Å². The van der Waals surface area contributed by atoms with Crippen LogP contribution in [0.15, 0.2) is 35.1 Å². The molecular formula is C9H8BrN3O. The molecule has 0 saturated carbocycles. The second kappa shape index (κ2) is 3.34. The molecule has 1 heterocycles. The quantitative estimate of drug-likeness (QED) is 0.817. The molecule has 0 saturated heterocycles. The summed E-state index contributed by atoms with van der Waals surface area (Å²) < 4.78 is 2.36. The Labute approximate surface area is 89.1 Å². The summed E-state index contributed by atoms with van der Waals surface area (Å²) in [4.78, 5) is 0. The van der Waals surface area contributed by atoms with Crippen LogP contribution in [0.3, 0.4) is 0 Å². The lowest BCUT2D eigenvalue weighted by atomic mass is 10.3. The number of hydrogen-bond acceptors (Lipinski definition) is 3. The molecule has 1 aromatic heterocycles. The molecule has 4 nitrogen and oxygen atoms in total. The third-order valence-electron chi connectivity index (χ3n) is 1.83. The Bertz CT molecular complexity index is 450. The number of anilines is 1. The fourth-order valence-electron chi connectivity index (χ4n) is 1.12. The molecule has 2 rings (SSSR count). The first kappa shape index (κ1) is 9.08. The summed E-state index contributed by atoms with van der Waals surface area (Å²) in [6.07, 6.45) is 1.57. The van der Waals surface area contributed by atoms with Crippen LogP contribution in [0.2, 0.25) is 0 Å². The Morgan fingerprint density at radius 2 is 1.93 bits per heavy atom. The number of phenols is 1. The normalized spacial score (nSPS) is 10.4. The highest BCUT2D eigenvalue weighted by atomic mass is 79.9.